The Morgan fingerprint density at radius 2 is 2.17 bits per heavy atom. The number of aryl methyl sites for hydroxylation is 1. The van der Waals surface area contributed by atoms with Crippen LogP contribution in [0.2, 0.25) is 0 Å². The van der Waals surface area contributed by atoms with Crippen molar-refractivity contribution in [3.63, 3.8) is 0 Å². The molecule has 194 valence electrons. The fourth-order valence-electron chi connectivity index (χ4n) is 3.43. The summed E-state index contributed by atoms with van der Waals surface area (Å²) in [6.07, 6.45) is 0.0962. The van der Waals surface area contributed by atoms with Crippen LogP contribution in [0.5, 0.6) is 5.75 Å². The fourth-order valence-corrected chi connectivity index (χ4v) is 4.31. The summed E-state index contributed by atoms with van der Waals surface area (Å²) in [4.78, 5) is 40.2. The molecule has 1 aliphatic heterocycles. The molecular weight excluding hydrogens is 561 g/mol. The SMILES string of the molecule is Cc1cccc(CO[P+](=O)OC[C@H]2O[C@@H](n3cc(/C=C/Br)c(=O)[nH]c3=O)C[C@@H]2OC(=O)[C@H](C)N)c1O. The van der Waals surface area contributed by atoms with Crippen LogP contribution in [0.4, 0.5) is 0 Å². The highest BCUT2D eigenvalue weighted by atomic mass is 79.9. The van der Waals surface area contributed by atoms with Gasteiger partial charge in [0, 0.05) is 22.7 Å². The van der Waals surface area contributed by atoms with Crippen LogP contribution in [-0.4, -0.2) is 45.5 Å². The predicted molar refractivity (Wildman–Crippen MR) is 133 cm³/mol. The summed E-state index contributed by atoms with van der Waals surface area (Å²) in [7, 11) is -2.62. The normalized spacial score (nSPS) is 21.0. The number of hydrogen-bond donors (Lipinski definition) is 3. The number of nitrogens with one attached hydrogen (secondary N) is 1. The maximum absolute atomic E-state index is 12.4. The van der Waals surface area contributed by atoms with E-state index in [9.17, 15) is 24.1 Å². The molecule has 1 aromatic carbocycles. The number of aromatic nitrogens is 2. The van der Waals surface area contributed by atoms with E-state index in [0.29, 0.717) is 11.1 Å². The minimum Gasteiger partial charge on any atom is -0.507 e. The van der Waals surface area contributed by atoms with Crippen LogP contribution in [0.1, 0.15) is 36.3 Å². The zero-order chi connectivity index (χ0) is 26.4. The molecule has 5 atom stereocenters. The number of benzene rings is 1. The zero-order valence-electron chi connectivity index (χ0n) is 19.5. The molecule has 1 fully saturated rings. The summed E-state index contributed by atoms with van der Waals surface area (Å²) < 4.78 is 35.2. The van der Waals surface area contributed by atoms with Gasteiger partial charge in [-0.05, 0) is 30.5 Å². The highest BCUT2D eigenvalue weighted by Gasteiger charge is 2.42. The molecular formula is C22H26BrN3O9P+. The number of halogens is 1. The Bertz CT molecular complexity index is 1260. The van der Waals surface area contributed by atoms with Gasteiger partial charge in [-0.3, -0.25) is 19.1 Å². The van der Waals surface area contributed by atoms with Gasteiger partial charge in [-0.2, -0.15) is 0 Å². The number of nitrogens with two attached hydrogens (primary N) is 1. The first kappa shape index (κ1) is 27.9. The minimum absolute atomic E-state index is 0.0335. The van der Waals surface area contributed by atoms with Gasteiger partial charge in [0.2, 0.25) is 0 Å². The fraction of sp³-hybridized carbons (Fsp3) is 0.409. The molecule has 12 nitrogen and oxygen atoms in total. The van der Waals surface area contributed by atoms with E-state index in [4.69, 9.17) is 24.3 Å². The first-order valence-electron chi connectivity index (χ1n) is 10.8. The smallest absolute Gasteiger partial charge is 0.507 e. The summed E-state index contributed by atoms with van der Waals surface area (Å²) in [6.45, 7) is 2.73. The van der Waals surface area contributed by atoms with E-state index in [1.165, 1.54) is 24.2 Å². The number of phenols is 1. The molecule has 2 heterocycles. The largest absolute Gasteiger partial charge is 0.697 e. The third-order valence-electron chi connectivity index (χ3n) is 5.36. The molecule has 1 unspecified atom stereocenters. The van der Waals surface area contributed by atoms with Crippen molar-refractivity contribution in [2.24, 2.45) is 5.73 Å². The van der Waals surface area contributed by atoms with Crippen molar-refractivity contribution in [1.82, 2.24) is 9.55 Å². The number of aromatic amines is 1. The van der Waals surface area contributed by atoms with E-state index in [0.717, 1.165) is 4.57 Å². The van der Waals surface area contributed by atoms with Crippen LogP contribution in [0.25, 0.3) is 6.08 Å². The van der Waals surface area contributed by atoms with Gasteiger partial charge in [0.15, 0.2) is 0 Å². The number of nitrogens with zero attached hydrogens (tertiary/aromatic N) is 1. The number of hydrogen-bond acceptors (Lipinski definition) is 10. The van der Waals surface area contributed by atoms with E-state index in [1.807, 2.05) is 0 Å². The third kappa shape index (κ3) is 6.96. The van der Waals surface area contributed by atoms with Gasteiger partial charge in [-0.1, -0.05) is 34.1 Å². The lowest BCUT2D eigenvalue weighted by Crippen LogP contribution is -2.36. The maximum atomic E-state index is 12.4. The van der Waals surface area contributed by atoms with Crippen LogP contribution < -0.4 is 17.0 Å². The molecule has 0 spiro atoms. The molecule has 0 bridgehead atoms. The monoisotopic (exact) mass is 586 g/mol. The summed E-state index contributed by atoms with van der Waals surface area (Å²) in [5, 5.41) is 10.1. The van der Waals surface area contributed by atoms with Gasteiger partial charge in [-0.15, -0.1) is 9.05 Å². The Labute approximate surface area is 215 Å². The Morgan fingerprint density at radius 3 is 2.86 bits per heavy atom. The van der Waals surface area contributed by atoms with Gasteiger partial charge < -0.3 is 20.3 Å². The molecule has 3 rings (SSSR count). The standard InChI is InChI=1S/C22H25BrN3O9P/c1-12-4-3-5-15(19(12)27)10-32-36(31)33-11-17-16(35-21(29)13(2)24)8-18(34-17)26-9-14(6-7-23)20(28)25-22(26)30/h3-7,9,13,16-18H,8,10-11,24H2,1-2H3,(H-,25,27,28,30)/p+1/b7-6+/t13-,16-,17+,18+/m0/s1. The molecule has 0 radical (unpaired) electrons. The molecule has 0 aliphatic carbocycles. The number of phenolic OH excluding ortho intramolecular Hbond substituents is 1. The van der Waals surface area contributed by atoms with Crippen molar-refractivity contribution in [1.29, 1.82) is 0 Å². The number of carbonyl (C=O) groups excluding carboxylic acids is 1. The van der Waals surface area contributed by atoms with Gasteiger partial charge >= 0.3 is 19.9 Å². The number of aromatic hydroxyl groups is 1. The van der Waals surface area contributed by atoms with Crippen molar-refractivity contribution in [3.8, 4) is 5.75 Å². The Kier molecular flexibility index (Phi) is 9.71. The van der Waals surface area contributed by atoms with Crippen LogP contribution in [-0.2, 0) is 34.5 Å². The summed E-state index contributed by atoms with van der Waals surface area (Å²) >= 11 is 3.08. The Morgan fingerprint density at radius 1 is 1.42 bits per heavy atom. The maximum Gasteiger partial charge on any atom is 0.697 e. The zero-order valence-corrected chi connectivity index (χ0v) is 21.9. The topological polar surface area (TPSA) is 172 Å². The van der Waals surface area contributed by atoms with Crippen molar-refractivity contribution >= 4 is 36.2 Å². The summed E-state index contributed by atoms with van der Waals surface area (Å²) in [6, 6.07) is 4.17. The van der Waals surface area contributed by atoms with Crippen LogP contribution in [0.3, 0.4) is 0 Å². The van der Waals surface area contributed by atoms with E-state index < -0.39 is 50.0 Å². The molecule has 2 aromatic rings. The average molecular weight is 587 g/mol. The average Bonchev–Trinajstić information content (AvgIpc) is 3.22. The van der Waals surface area contributed by atoms with E-state index in [2.05, 4.69) is 20.9 Å². The van der Waals surface area contributed by atoms with Crippen molar-refractivity contribution in [2.45, 2.75) is 51.4 Å². The second-order valence-corrected chi connectivity index (χ2v) is 9.54. The van der Waals surface area contributed by atoms with Gasteiger partial charge in [0.05, 0.1) is 5.56 Å². The molecule has 36 heavy (non-hydrogen) atoms. The molecule has 1 aromatic heterocycles. The summed E-state index contributed by atoms with van der Waals surface area (Å²) in [5.74, 6) is -0.659. The Hall–Kier alpha value is -2.67. The first-order valence-corrected chi connectivity index (χ1v) is 12.9. The lowest BCUT2D eigenvalue weighted by atomic mass is 10.1. The first-order chi connectivity index (χ1) is 17.1. The van der Waals surface area contributed by atoms with Gasteiger partial charge in [0.25, 0.3) is 5.56 Å². The highest BCUT2D eigenvalue weighted by Crippen LogP contribution is 2.34. The number of esters is 1. The van der Waals surface area contributed by atoms with Crippen molar-refractivity contribution < 1.29 is 33.0 Å². The molecule has 0 amide bonds. The van der Waals surface area contributed by atoms with E-state index in [-0.39, 0.29) is 30.9 Å². The van der Waals surface area contributed by atoms with Crippen LogP contribution in [0, 0.1) is 6.92 Å². The number of ether oxygens (including phenoxy) is 2. The third-order valence-corrected chi connectivity index (χ3v) is 6.32. The van der Waals surface area contributed by atoms with E-state index in [1.54, 1.807) is 25.1 Å². The molecule has 1 aliphatic rings. The molecule has 4 N–H and O–H groups in total. The second kappa shape index (κ2) is 12.5. The summed E-state index contributed by atoms with van der Waals surface area (Å²) in [5.41, 5.74) is 5.56. The van der Waals surface area contributed by atoms with Gasteiger partial charge in [0.1, 0.15) is 43.4 Å². The minimum atomic E-state index is -2.62. The Balaban J connectivity index is 1.71. The lowest BCUT2D eigenvalue weighted by molar-refractivity contribution is -0.154. The highest BCUT2D eigenvalue weighted by molar-refractivity contribution is 9.11. The molecule has 0 saturated carbocycles. The number of para-hydroxylation sites is 1. The van der Waals surface area contributed by atoms with E-state index >= 15 is 0 Å². The van der Waals surface area contributed by atoms with Gasteiger partial charge in [-0.25, -0.2) is 4.79 Å². The van der Waals surface area contributed by atoms with Crippen LogP contribution >= 0.6 is 24.2 Å². The van der Waals surface area contributed by atoms with Crippen LogP contribution in [0.15, 0.2) is 39.0 Å². The number of rotatable bonds is 10. The van der Waals surface area contributed by atoms with Crippen molar-refractivity contribution in [3.05, 3.63) is 66.9 Å². The quantitative estimate of drug-likeness (QED) is 0.277. The number of carbonyl (C=O) groups is 1. The lowest BCUT2D eigenvalue weighted by Gasteiger charge is -2.17. The molecule has 14 heteroatoms. The molecule has 1 saturated heterocycles. The van der Waals surface area contributed by atoms with Crippen molar-refractivity contribution in [2.75, 3.05) is 6.61 Å². The predicted octanol–water partition coefficient (Wildman–Crippen LogP) is 2.35. The second-order valence-electron chi connectivity index (χ2n) is 8.05. The number of H-pyrrole nitrogens is 1.